The summed E-state index contributed by atoms with van der Waals surface area (Å²) < 4.78 is 0. The van der Waals surface area contributed by atoms with E-state index in [1.807, 2.05) is 25.3 Å². The molecular formula is C15H23NO3S. The highest BCUT2D eigenvalue weighted by Gasteiger charge is 2.15. The molecule has 112 valence electrons. The third-order valence-electron chi connectivity index (χ3n) is 3.41. The first kappa shape index (κ1) is 16.7. The van der Waals surface area contributed by atoms with Gasteiger partial charge in [-0.25, -0.2) is 0 Å². The van der Waals surface area contributed by atoms with Crippen molar-refractivity contribution in [2.24, 2.45) is 5.92 Å². The summed E-state index contributed by atoms with van der Waals surface area (Å²) >= 11 is 1.47. The molecule has 0 saturated heterocycles. The maximum atomic E-state index is 12.1. The number of carboxylic acid groups (broad SMARTS) is 1. The summed E-state index contributed by atoms with van der Waals surface area (Å²) in [6.07, 6.45) is 3.11. The van der Waals surface area contributed by atoms with Crippen LogP contribution in [0.2, 0.25) is 0 Å². The Kier molecular flexibility index (Phi) is 6.71. The smallest absolute Gasteiger partial charge is 0.306 e. The summed E-state index contributed by atoms with van der Waals surface area (Å²) in [7, 11) is 0. The summed E-state index contributed by atoms with van der Waals surface area (Å²) in [5.74, 6) is -1.09. The van der Waals surface area contributed by atoms with Gasteiger partial charge in [0.1, 0.15) is 0 Å². The molecule has 1 rings (SSSR count). The lowest BCUT2D eigenvalue weighted by atomic mass is 10.0. The fourth-order valence-electron chi connectivity index (χ4n) is 2.03. The number of carboxylic acids is 1. The standard InChI is InChI=1S/C15H23NO3S/c1-4-12-8-9-20-13(12)14(17)16-11(3)7-5-6-10(2)15(18)19/h8-11H,4-7H2,1-3H3,(H,16,17)(H,18,19). The molecule has 20 heavy (non-hydrogen) atoms. The Labute approximate surface area is 124 Å². The van der Waals surface area contributed by atoms with Gasteiger partial charge in [0.15, 0.2) is 0 Å². The molecule has 1 aromatic heterocycles. The van der Waals surface area contributed by atoms with Crippen molar-refractivity contribution in [3.8, 4) is 0 Å². The molecule has 0 aliphatic carbocycles. The predicted octanol–water partition coefficient (Wildman–Crippen LogP) is 3.32. The average molecular weight is 297 g/mol. The van der Waals surface area contributed by atoms with E-state index in [4.69, 9.17) is 5.11 Å². The minimum atomic E-state index is -0.757. The van der Waals surface area contributed by atoms with E-state index in [1.54, 1.807) is 6.92 Å². The molecule has 0 aliphatic rings. The molecule has 0 fully saturated rings. The zero-order valence-electron chi connectivity index (χ0n) is 12.3. The predicted molar refractivity (Wildman–Crippen MR) is 81.3 cm³/mol. The Morgan fingerprint density at radius 1 is 1.35 bits per heavy atom. The van der Waals surface area contributed by atoms with Crippen LogP contribution in [0.5, 0.6) is 0 Å². The number of rotatable bonds is 8. The lowest BCUT2D eigenvalue weighted by Crippen LogP contribution is -2.32. The molecule has 0 aromatic carbocycles. The Morgan fingerprint density at radius 3 is 2.65 bits per heavy atom. The summed E-state index contributed by atoms with van der Waals surface area (Å²) in [5, 5.41) is 13.7. The van der Waals surface area contributed by atoms with E-state index >= 15 is 0 Å². The Morgan fingerprint density at radius 2 is 2.05 bits per heavy atom. The highest BCUT2D eigenvalue weighted by Crippen LogP contribution is 2.18. The van der Waals surface area contributed by atoms with Gasteiger partial charge < -0.3 is 10.4 Å². The molecule has 2 atom stereocenters. The number of aliphatic carboxylic acids is 1. The van der Waals surface area contributed by atoms with Gasteiger partial charge in [0.05, 0.1) is 10.8 Å². The van der Waals surface area contributed by atoms with Crippen molar-refractivity contribution >= 4 is 23.2 Å². The van der Waals surface area contributed by atoms with E-state index in [0.717, 1.165) is 29.7 Å². The van der Waals surface area contributed by atoms with Crippen molar-refractivity contribution in [3.05, 3.63) is 21.9 Å². The van der Waals surface area contributed by atoms with E-state index in [1.165, 1.54) is 11.3 Å². The monoisotopic (exact) mass is 297 g/mol. The summed E-state index contributed by atoms with van der Waals surface area (Å²) in [6.45, 7) is 5.71. The van der Waals surface area contributed by atoms with E-state index in [0.29, 0.717) is 6.42 Å². The van der Waals surface area contributed by atoms with Crippen LogP contribution in [0.15, 0.2) is 11.4 Å². The number of carbonyl (C=O) groups is 2. The molecule has 1 amide bonds. The van der Waals surface area contributed by atoms with Crippen LogP contribution in [-0.4, -0.2) is 23.0 Å². The molecule has 4 nitrogen and oxygen atoms in total. The molecule has 5 heteroatoms. The molecule has 1 heterocycles. The molecule has 2 N–H and O–H groups in total. The normalized spacial score (nSPS) is 13.8. The number of aryl methyl sites for hydroxylation is 1. The largest absolute Gasteiger partial charge is 0.481 e. The van der Waals surface area contributed by atoms with E-state index < -0.39 is 5.97 Å². The number of hydrogen-bond acceptors (Lipinski definition) is 3. The van der Waals surface area contributed by atoms with Crippen LogP contribution in [0.3, 0.4) is 0 Å². The molecule has 0 aliphatic heterocycles. The number of thiophene rings is 1. The highest BCUT2D eigenvalue weighted by atomic mass is 32.1. The molecule has 0 bridgehead atoms. The molecule has 2 unspecified atom stereocenters. The van der Waals surface area contributed by atoms with Gasteiger partial charge in [0.25, 0.3) is 5.91 Å². The summed E-state index contributed by atoms with van der Waals surface area (Å²) in [5.41, 5.74) is 1.08. The van der Waals surface area contributed by atoms with Gasteiger partial charge in [-0.15, -0.1) is 11.3 Å². The number of amides is 1. The molecule has 1 aromatic rings. The minimum absolute atomic E-state index is 0.0179. The Bertz CT molecular complexity index is 456. The fraction of sp³-hybridized carbons (Fsp3) is 0.600. The molecule has 0 spiro atoms. The lowest BCUT2D eigenvalue weighted by Gasteiger charge is -2.14. The van der Waals surface area contributed by atoms with Gasteiger partial charge in [-0.3, -0.25) is 9.59 Å². The average Bonchev–Trinajstić information content (AvgIpc) is 2.86. The van der Waals surface area contributed by atoms with Gasteiger partial charge in [-0.2, -0.15) is 0 Å². The van der Waals surface area contributed by atoms with Crippen LogP contribution in [0.1, 0.15) is 55.3 Å². The third-order valence-corrected chi connectivity index (χ3v) is 4.36. The van der Waals surface area contributed by atoms with Crippen LogP contribution in [-0.2, 0) is 11.2 Å². The minimum Gasteiger partial charge on any atom is -0.481 e. The second-order valence-corrected chi connectivity index (χ2v) is 6.09. The van der Waals surface area contributed by atoms with Crippen molar-refractivity contribution in [3.63, 3.8) is 0 Å². The SMILES string of the molecule is CCc1ccsc1C(=O)NC(C)CCCC(C)C(=O)O. The van der Waals surface area contributed by atoms with Crippen LogP contribution in [0.25, 0.3) is 0 Å². The van der Waals surface area contributed by atoms with Crippen LogP contribution in [0.4, 0.5) is 0 Å². The first-order chi connectivity index (χ1) is 9.45. The molecule has 0 radical (unpaired) electrons. The maximum Gasteiger partial charge on any atom is 0.306 e. The lowest BCUT2D eigenvalue weighted by molar-refractivity contribution is -0.141. The maximum absolute atomic E-state index is 12.1. The van der Waals surface area contributed by atoms with Crippen molar-refractivity contribution in [1.29, 1.82) is 0 Å². The van der Waals surface area contributed by atoms with Crippen molar-refractivity contribution < 1.29 is 14.7 Å². The first-order valence-electron chi connectivity index (χ1n) is 7.05. The fourth-order valence-corrected chi connectivity index (χ4v) is 2.93. The Balaban J connectivity index is 2.37. The number of nitrogens with one attached hydrogen (secondary N) is 1. The Hall–Kier alpha value is -1.36. The second-order valence-electron chi connectivity index (χ2n) is 5.17. The van der Waals surface area contributed by atoms with Crippen molar-refractivity contribution in [2.45, 2.75) is 52.5 Å². The van der Waals surface area contributed by atoms with Gasteiger partial charge >= 0.3 is 5.97 Å². The summed E-state index contributed by atoms with van der Waals surface area (Å²) in [6, 6.07) is 2.05. The van der Waals surface area contributed by atoms with E-state index in [-0.39, 0.29) is 17.9 Å². The second kappa shape index (κ2) is 8.04. The van der Waals surface area contributed by atoms with Crippen molar-refractivity contribution in [2.75, 3.05) is 0 Å². The first-order valence-corrected chi connectivity index (χ1v) is 7.93. The molecule has 0 saturated carbocycles. The number of carbonyl (C=O) groups excluding carboxylic acids is 1. The topological polar surface area (TPSA) is 66.4 Å². The zero-order chi connectivity index (χ0) is 15.1. The molecular weight excluding hydrogens is 274 g/mol. The van der Waals surface area contributed by atoms with Gasteiger partial charge in [-0.05, 0) is 43.2 Å². The van der Waals surface area contributed by atoms with Crippen LogP contribution >= 0.6 is 11.3 Å². The van der Waals surface area contributed by atoms with E-state index in [9.17, 15) is 9.59 Å². The van der Waals surface area contributed by atoms with Gasteiger partial charge in [-0.1, -0.05) is 20.3 Å². The van der Waals surface area contributed by atoms with E-state index in [2.05, 4.69) is 5.32 Å². The van der Waals surface area contributed by atoms with Crippen LogP contribution < -0.4 is 5.32 Å². The van der Waals surface area contributed by atoms with Crippen LogP contribution in [0, 0.1) is 5.92 Å². The van der Waals surface area contributed by atoms with Crippen molar-refractivity contribution in [1.82, 2.24) is 5.32 Å². The highest BCUT2D eigenvalue weighted by molar-refractivity contribution is 7.12. The van der Waals surface area contributed by atoms with Gasteiger partial charge in [0.2, 0.25) is 0 Å². The zero-order valence-corrected chi connectivity index (χ0v) is 13.1. The third kappa shape index (κ3) is 4.96. The van der Waals surface area contributed by atoms with Gasteiger partial charge in [0, 0.05) is 6.04 Å². The number of hydrogen-bond donors (Lipinski definition) is 2. The quantitative estimate of drug-likeness (QED) is 0.773. The summed E-state index contributed by atoms with van der Waals surface area (Å²) in [4.78, 5) is 23.6.